The van der Waals surface area contributed by atoms with Crippen molar-refractivity contribution >= 4 is 31.2 Å². The number of hydrogen-bond acceptors (Lipinski definition) is 9. The molecule has 0 saturated carbocycles. The van der Waals surface area contributed by atoms with Gasteiger partial charge in [0, 0.05) is 52.9 Å². The fourth-order valence-corrected chi connectivity index (χ4v) is 5.42. The van der Waals surface area contributed by atoms with Gasteiger partial charge in [-0.15, -0.1) is 0 Å². The van der Waals surface area contributed by atoms with E-state index in [1.54, 1.807) is 52.7 Å². The summed E-state index contributed by atoms with van der Waals surface area (Å²) in [6.45, 7) is 8.82. The lowest BCUT2D eigenvalue weighted by Crippen LogP contribution is -2.11. The predicted molar refractivity (Wildman–Crippen MR) is 195 cm³/mol. The van der Waals surface area contributed by atoms with E-state index >= 15 is 0 Å². The Bertz CT molecular complexity index is 1390. The summed E-state index contributed by atoms with van der Waals surface area (Å²) in [5.74, 6) is 3.32. The molecule has 4 aromatic rings. The van der Waals surface area contributed by atoms with Crippen molar-refractivity contribution < 1.29 is 23.5 Å². The summed E-state index contributed by atoms with van der Waals surface area (Å²) in [6.07, 6.45) is 2.03. The zero-order chi connectivity index (χ0) is 34.4. The number of rotatable bonds is 9. The fourth-order valence-electron chi connectivity index (χ4n) is 4.99. The molecule has 0 aliphatic rings. The Labute approximate surface area is 275 Å². The van der Waals surface area contributed by atoms with Gasteiger partial charge in [-0.1, -0.05) is 56.5 Å². The number of benzene rings is 4. The molecule has 10 heteroatoms. The summed E-state index contributed by atoms with van der Waals surface area (Å²) >= 11 is 0. The standard InChI is InChI=1S/2C14H16N2O2.C8H17OP/c2*1-17-12-7-11(16)8-13(18-2)14(12)9-3-5-10(15)6-4-9;1-7(6-10-9)5-8(2,3)4/h2*3-8H,15-16H2,1-2H3;7H,5-6H2,1-4H3/p+1. The third kappa shape index (κ3) is 11.4. The van der Waals surface area contributed by atoms with E-state index in [2.05, 4.69) is 27.7 Å². The smallest absolute Gasteiger partial charge is 0.325 e. The molecule has 0 spiro atoms. The molecule has 9 nitrogen and oxygen atoms in total. The monoisotopic (exact) mass is 649 g/mol. The molecule has 0 aliphatic heterocycles. The van der Waals surface area contributed by atoms with Gasteiger partial charge >= 0.3 is 8.46 Å². The molecule has 4 rings (SSSR count). The van der Waals surface area contributed by atoms with Gasteiger partial charge in [-0.05, 0) is 47.2 Å². The first-order valence-corrected chi connectivity index (χ1v) is 16.0. The number of ether oxygens (including phenoxy) is 4. The minimum atomic E-state index is -0.126. The number of anilines is 4. The van der Waals surface area contributed by atoms with Gasteiger partial charge in [-0.25, -0.2) is 0 Å². The number of nitrogen functional groups attached to an aromatic ring is 4. The second-order valence-electron chi connectivity index (χ2n) is 12.1. The van der Waals surface area contributed by atoms with Crippen LogP contribution in [-0.2, 0) is 4.57 Å². The molecule has 46 heavy (non-hydrogen) atoms. The first kappa shape index (κ1) is 37.6. The summed E-state index contributed by atoms with van der Waals surface area (Å²) in [4.78, 5) is 0. The number of nitrogens with two attached hydrogens (primary N) is 4. The molecule has 0 bridgehead atoms. The van der Waals surface area contributed by atoms with Crippen LogP contribution in [0.4, 0.5) is 22.7 Å². The molecule has 0 heterocycles. The van der Waals surface area contributed by atoms with Gasteiger partial charge in [0.15, 0.2) is 0 Å². The Morgan fingerprint density at radius 1 is 0.587 bits per heavy atom. The van der Waals surface area contributed by atoms with Crippen molar-refractivity contribution in [1.29, 1.82) is 0 Å². The van der Waals surface area contributed by atoms with E-state index in [0.717, 1.165) is 28.4 Å². The number of methoxy groups -OCH3 is 4. The first-order chi connectivity index (χ1) is 21.8. The second-order valence-corrected chi connectivity index (χ2v) is 12.8. The van der Waals surface area contributed by atoms with Crippen LogP contribution < -0.4 is 41.9 Å². The van der Waals surface area contributed by atoms with E-state index in [0.29, 0.717) is 57.1 Å². The van der Waals surface area contributed by atoms with Gasteiger partial charge in [0.2, 0.25) is 0 Å². The van der Waals surface area contributed by atoms with Crippen LogP contribution in [0.5, 0.6) is 23.0 Å². The van der Waals surface area contributed by atoms with Gasteiger partial charge < -0.3 is 41.9 Å². The average Bonchev–Trinajstić information content (AvgIpc) is 3.01. The van der Waals surface area contributed by atoms with Crippen molar-refractivity contribution in [2.75, 3.05) is 57.5 Å². The maximum Gasteiger partial charge on any atom is 0.325 e. The third-order valence-electron chi connectivity index (χ3n) is 6.85. The van der Waals surface area contributed by atoms with Crippen LogP contribution in [0.15, 0.2) is 72.8 Å². The van der Waals surface area contributed by atoms with E-state index in [-0.39, 0.29) is 8.46 Å². The lowest BCUT2D eigenvalue weighted by molar-refractivity contribution is 0.322. The largest absolute Gasteiger partial charge is 0.496 e. The van der Waals surface area contributed by atoms with E-state index in [9.17, 15) is 4.57 Å². The van der Waals surface area contributed by atoms with Crippen LogP contribution in [0.25, 0.3) is 22.3 Å². The summed E-state index contributed by atoms with van der Waals surface area (Å²) < 4.78 is 31.7. The zero-order valence-corrected chi connectivity index (χ0v) is 29.3. The van der Waals surface area contributed by atoms with Crippen LogP contribution >= 0.6 is 8.46 Å². The first-order valence-electron chi connectivity index (χ1n) is 14.9. The summed E-state index contributed by atoms with van der Waals surface area (Å²) in [6, 6.07) is 22.1. The number of hydrogen-bond donors (Lipinski definition) is 4. The van der Waals surface area contributed by atoms with Gasteiger partial charge in [-0.2, -0.15) is 0 Å². The Morgan fingerprint density at radius 2 is 0.891 bits per heavy atom. The quantitative estimate of drug-likeness (QED) is 0.104. The van der Waals surface area contributed by atoms with Crippen molar-refractivity contribution in [3.05, 3.63) is 72.8 Å². The minimum absolute atomic E-state index is 0.126. The molecule has 2 unspecified atom stereocenters. The maximum atomic E-state index is 10.3. The van der Waals surface area contributed by atoms with Crippen LogP contribution in [0, 0.1) is 11.3 Å². The maximum absolute atomic E-state index is 10.3. The highest BCUT2D eigenvalue weighted by Gasteiger charge is 2.17. The van der Waals surface area contributed by atoms with E-state index < -0.39 is 0 Å². The normalized spacial score (nSPS) is 11.3. The molecule has 4 aromatic carbocycles. The third-order valence-corrected chi connectivity index (χ3v) is 7.71. The summed E-state index contributed by atoms with van der Waals surface area (Å²) in [5.41, 5.74) is 29.7. The highest BCUT2D eigenvalue weighted by Crippen LogP contribution is 2.41. The van der Waals surface area contributed by atoms with Crippen molar-refractivity contribution in [3.63, 3.8) is 0 Å². The zero-order valence-electron chi connectivity index (χ0n) is 28.3. The molecule has 0 aliphatic carbocycles. The molecule has 248 valence electrons. The van der Waals surface area contributed by atoms with Crippen molar-refractivity contribution in [1.82, 2.24) is 0 Å². The van der Waals surface area contributed by atoms with Crippen molar-refractivity contribution in [2.45, 2.75) is 34.1 Å². The molecule has 0 radical (unpaired) electrons. The fraction of sp³-hybridized carbons (Fsp3) is 0.333. The molecule has 0 aromatic heterocycles. The van der Waals surface area contributed by atoms with E-state index in [1.807, 2.05) is 48.5 Å². The molecule has 2 atom stereocenters. The lowest BCUT2D eigenvalue weighted by Gasteiger charge is -2.20. The SMILES string of the molecule is CC(C[PH+]=O)CC(C)(C)C.COc1cc(N)cc(OC)c1-c1ccc(N)cc1.COc1cc(N)cc(OC)c1-c1ccc(N)cc1. The van der Waals surface area contributed by atoms with Crippen LogP contribution in [0.3, 0.4) is 0 Å². The van der Waals surface area contributed by atoms with Crippen molar-refractivity contribution in [3.8, 4) is 45.3 Å². The Hall–Kier alpha value is -4.62. The van der Waals surface area contributed by atoms with E-state index in [1.165, 1.54) is 6.42 Å². The molecular formula is C36H50N4O5P+. The topological polar surface area (TPSA) is 158 Å². The highest BCUT2D eigenvalue weighted by atomic mass is 31.1. The molecule has 0 saturated heterocycles. The summed E-state index contributed by atoms with van der Waals surface area (Å²) in [5, 5.41) is 0. The second kappa shape index (κ2) is 17.8. The Kier molecular flexibility index (Phi) is 14.5. The summed E-state index contributed by atoms with van der Waals surface area (Å²) in [7, 11) is 6.30. The molecule has 8 N–H and O–H groups in total. The van der Waals surface area contributed by atoms with Gasteiger partial charge in [0.25, 0.3) is 0 Å². The van der Waals surface area contributed by atoms with Crippen LogP contribution in [0.2, 0.25) is 0 Å². The van der Waals surface area contributed by atoms with Gasteiger partial charge in [0.05, 0.1) is 39.6 Å². The van der Waals surface area contributed by atoms with Gasteiger partial charge in [-0.3, -0.25) is 0 Å². The Balaban J connectivity index is 0.000000252. The lowest BCUT2D eigenvalue weighted by atomic mass is 9.86. The van der Waals surface area contributed by atoms with Crippen LogP contribution in [0.1, 0.15) is 34.1 Å². The Morgan fingerprint density at radius 3 is 1.13 bits per heavy atom. The van der Waals surface area contributed by atoms with Gasteiger partial charge in [0.1, 0.15) is 29.2 Å². The minimum Gasteiger partial charge on any atom is -0.496 e. The van der Waals surface area contributed by atoms with Crippen molar-refractivity contribution in [2.24, 2.45) is 11.3 Å². The molecule has 0 fully saturated rings. The van der Waals surface area contributed by atoms with E-state index in [4.69, 9.17) is 41.9 Å². The average molecular weight is 650 g/mol. The molecule has 0 amide bonds. The molecular weight excluding hydrogens is 599 g/mol. The predicted octanol–water partition coefficient (Wildman–Crippen LogP) is 8.15. The highest BCUT2D eigenvalue weighted by molar-refractivity contribution is 7.23. The van der Waals surface area contributed by atoms with Crippen LogP contribution in [-0.4, -0.2) is 34.6 Å².